The van der Waals surface area contributed by atoms with E-state index >= 15 is 0 Å². The van der Waals surface area contributed by atoms with E-state index in [1.807, 2.05) is 24.3 Å². The summed E-state index contributed by atoms with van der Waals surface area (Å²) in [5.41, 5.74) is 5.28. The van der Waals surface area contributed by atoms with Gasteiger partial charge in [0.1, 0.15) is 24.0 Å². The molecule has 1 N–H and O–H groups in total. The van der Waals surface area contributed by atoms with E-state index < -0.39 is 5.82 Å². The minimum absolute atomic E-state index is 0.136. The number of imidazole rings is 1. The first kappa shape index (κ1) is 24.6. The third-order valence-corrected chi connectivity index (χ3v) is 7.22. The van der Waals surface area contributed by atoms with Crippen molar-refractivity contribution < 1.29 is 18.3 Å². The molecule has 2 atom stereocenters. The van der Waals surface area contributed by atoms with Gasteiger partial charge in [-0.05, 0) is 73.0 Å². The van der Waals surface area contributed by atoms with E-state index in [1.165, 1.54) is 24.3 Å². The number of aromatic nitrogens is 2. The van der Waals surface area contributed by atoms with Crippen LogP contribution in [0.15, 0.2) is 59.4 Å². The molecule has 4 aromatic rings. The zero-order valence-electron chi connectivity index (χ0n) is 21.3. The van der Waals surface area contributed by atoms with E-state index in [1.54, 1.807) is 16.7 Å². The van der Waals surface area contributed by atoms with Crippen molar-refractivity contribution in [3.63, 3.8) is 0 Å². The summed E-state index contributed by atoms with van der Waals surface area (Å²) >= 11 is 0. The molecule has 2 aliphatic rings. The Bertz CT molecular complexity index is 1540. The van der Waals surface area contributed by atoms with Crippen LogP contribution in [0.3, 0.4) is 0 Å². The van der Waals surface area contributed by atoms with Crippen molar-refractivity contribution in [3.05, 3.63) is 99.0 Å². The predicted molar refractivity (Wildman–Crippen MR) is 143 cm³/mol. The summed E-state index contributed by atoms with van der Waals surface area (Å²) in [4.78, 5) is 18.2. The Hall–Kier alpha value is -3.75. The maximum absolute atomic E-state index is 14.0. The van der Waals surface area contributed by atoms with Crippen LogP contribution in [0, 0.1) is 11.6 Å². The number of ether oxygens (including phenoxy) is 2. The summed E-state index contributed by atoms with van der Waals surface area (Å²) in [5, 5.41) is 0. The fraction of sp³-hybridized carbons (Fsp3) is 0.300. The SMILES string of the molecule is C[C@@H]1CN(CCn2c(=O)[nH]c3cc(C=C4c5ccc(F)cc5COc5cc(F)ccc54)ccc32)C[C@H](C)O1. The molecule has 0 spiro atoms. The van der Waals surface area contributed by atoms with Crippen LogP contribution >= 0.6 is 0 Å². The number of morpholine rings is 1. The molecule has 8 heteroatoms. The summed E-state index contributed by atoms with van der Waals surface area (Å²) in [6.45, 7) is 7.31. The van der Waals surface area contributed by atoms with Crippen molar-refractivity contribution in [2.75, 3.05) is 19.6 Å². The van der Waals surface area contributed by atoms with Crippen LogP contribution in [0.4, 0.5) is 8.78 Å². The quantitative estimate of drug-likeness (QED) is 0.404. The monoisotopic (exact) mass is 517 g/mol. The molecule has 6 rings (SSSR count). The first-order valence-corrected chi connectivity index (χ1v) is 12.9. The number of nitrogens with zero attached hydrogens (tertiary/aromatic N) is 2. The second-order valence-electron chi connectivity index (χ2n) is 10.2. The van der Waals surface area contributed by atoms with E-state index in [2.05, 4.69) is 23.7 Å². The predicted octanol–water partition coefficient (Wildman–Crippen LogP) is 5.20. The van der Waals surface area contributed by atoms with Gasteiger partial charge in [-0.15, -0.1) is 0 Å². The number of benzene rings is 3. The van der Waals surface area contributed by atoms with E-state index in [4.69, 9.17) is 9.47 Å². The normalized spacial score (nSPS) is 20.7. The zero-order chi connectivity index (χ0) is 26.4. The van der Waals surface area contributed by atoms with Crippen LogP contribution in [0.25, 0.3) is 22.7 Å². The Morgan fingerprint density at radius 2 is 1.68 bits per heavy atom. The number of halogens is 2. The molecule has 196 valence electrons. The maximum atomic E-state index is 14.0. The van der Waals surface area contributed by atoms with E-state index in [9.17, 15) is 13.6 Å². The first-order valence-electron chi connectivity index (χ1n) is 12.9. The van der Waals surface area contributed by atoms with Crippen LogP contribution in [-0.2, 0) is 17.9 Å². The average molecular weight is 518 g/mol. The molecule has 6 nitrogen and oxygen atoms in total. The third-order valence-electron chi connectivity index (χ3n) is 7.22. The Kier molecular flexibility index (Phi) is 6.37. The highest BCUT2D eigenvalue weighted by Crippen LogP contribution is 2.38. The standard InChI is InChI=1S/C30H29F2N3O3/c1-18-15-34(16-19(2)38-18)9-10-35-28-8-3-20(12-27(28)33-30(35)36)11-26-24-6-4-22(31)13-21(24)17-37-29-14-23(32)5-7-25(26)29/h3-8,11-14,18-19H,9-10,15-17H2,1-2H3,(H,33,36)/t18-,19+. The highest BCUT2D eigenvalue weighted by atomic mass is 19.1. The summed E-state index contributed by atoms with van der Waals surface area (Å²) < 4.78 is 41.5. The van der Waals surface area contributed by atoms with Crippen molar-refractivity contribution in [2.45, 2.75) is 39.2 Å². The van der Waals surface area contributed by atoms with Gasteiger partial charge in [0.15, 0.2) is 0 Å². The number of hydrogen-bond acceptors (Lipinski definition) is 4. The van der Waals surface area contributed by atoms with Crippen molar-refractivity contribution in [2.24, 2.45) is 0 Å². The van der Waals surface area contributed by atoms with Gasteiger partial charge in [0.2, 0.25) is 0 Å². The molecule has 3 aromatic carbocycles. The summed E-state index contributed by atoms with van der Waals surface area (Å²) in [5.74, 6) is -0.355. The van der Waals surface area contributed by atoms with Gasteiger partial charge in [0.25, 0.3) is 0 Å². The molecule has 0 bridgehead atoms. The lowest BCUT2D eigenvalue weighted by Gasteiger charge is -2.35. The number of hydrogen-bond donors (Lipinski definition) is 1. The van der Waals surface area contributed by atoms with Crippen molar-refractivity contribution >= 4 is 22.7 Å². The van der Waals surface area contributed by atoms with Crippen molar-refractivity contribution in [3.8, 4) is 5.75 Å². The van der Waals surface area contributed by atoms with Crippen LogP contribution in [-0.4, -0.2) is 46.3 Å². The number of H-pyrrole nitrogens is 1. The van der Waals surface area contributed by atoms with Gasteiger partial charge >= 0.3 is 5.69 Å². The van der Waals surface area contributed by atoms with Crippen LogP contribution < -0.4 is 10.4 Å². The lowest BCUT2D eigenvalue weighted by molar-refractivity contribution is -0.0685. The Morgan fingerprint density at radius 3 is 2.47 bits per heavy atom. The van der Waals surface area contributed by atoms with Crippen LogP contribution in [0.2, 0.25) is 0 Å². The smallest absolute Gasteiger partial charge is 0.326 e. The van der Waals surface area contributed by atoms with Gasteiger partial charge in [-0.3, -0.25) is 9.47 Å². The Balaban J connectivity index is 1.36. The van der Waals surface area contributed by atoms with Gasteiger partial charge in [0.05, 0.1) is 23.2 Å². The topological polar surface area (TPSA) is 59.5 Å². The highest BCUT2D eigenvalue weighted by Gasteiger charge is 2.23. The molecule has 0 unspecified atom stereocenters. The van der Waals surface area contributed by atoms with Crippen LogP contribution in [0.5, 0.6) is 5.75 Å². The first-order chi connectivity index (χ1) is 18.3. The second-order valence-corrected chi connectivity index (χ2v) is 10.2. The van der Waals surface area contributed by atoms with Gasteiger partial charge in [0, 0.05) is 43.4 Å². The molecule has 38 heavy (non-hydrogen) atoms. The number of nitrogens with one attached hydrogen (secondary N) is 1. The molecule has 1 fully saturated rings. The van der Waals surface area contributed by atoms with Gasteiger partial charge in [-0.2, -0.15) is 0 Å². The fourth-order valence-corrected chi connectivity index (χ4v) is 5.61. The summed E-state index contributed by atoms with van der Waals surface area (Å²) in [6, 6.07) is 14.8. The lowest BCUT2D eigenvalue weighted by atomic mass is 9.92. The Labute approximate surface area is 219 Å². The van der Waals surface area contributed by atoms with Crippen molar-refractivity contribution in [1.29, 1.82) is 0 Å². The third kappa shape index (κ3) is 4.77. The van der Waals surface area contributed by atoms with Crippen LogP contribution in [0.1, 0.15) is 36.1 Å². The number of aromatic amines is 1. The van der Waals surface area contributed by atoms with Gasteiger partial charge in [-0.1, -0.05) is 12.1 Å². The Morgan fingerprint density at radius 1 is 0.947 bits per heavy atom. The number of rotatable bonds is 4. The van der Waals surface area contributed by atoms with E-state index in [0.717, 1.165) is 52.9 Å². The summed E-state index contributed by atoms with van der Waals surface area (Å²) in [7, 11) is 0. The molecule has 3 heterocycles. The molecule has 2 aliphatic heterocycles. The largest absolute Gasteiger partial charge is 0.488 e. The summed E-state index contributed by atoms with van der Waals surface area (Å²) in [6.07, 6.45) is 2.31. The molecule has 0 aliphatic carbocycles. The minimum Gasteiger partial charge on any atom is -0.488 e. The fourth-order valence-electron chi connectivity index (χ4n) is 5.61. The number of fused-ring (bicyclic) bond motifs is 3. The van der Waals surface area contributed by atoms with Gasteiger partial charge in [-0.25, -0.2) is 13.6 Å². The zero-order valence-corrected chi connectivity index (χ0v) is 21.3. The molecule has 0 saturated carbocycles. The molecular formula is C30H29F2N3O3. The lowest BCUT2D eigenvalue weighted by Crippen LogP contribution is -2.46. The van der Waals surface area contributed by atoms with E-state index in [0.29, 0.717) is 17.9 Å². The molecule has 0 amide bonds. The minimum atomic E-state index is -0.401. The molecule has 0 radical (unpaired) electrons. The van der Waals surface area contributed by atoms with Crippen molar-refractivity contribution in [1.82, 2.24) is 14.5 Å². The highest BCUT2D eigenvalue weighted by molar-refractivity contribution is 5.95. The van der Waals surface area contributed by atoms with Gasteiger partial charge < -0.3 is 14.5 Å². The van der Waals surface area contributed by atoms with E-state index in [-0.39, 0.29) is 30.3 Å². The molecule has 1 saturated heterocycles. The molecular weight excluding hydrogens is 488 g/mol. The maximum Gasteiger partial charge on any atom is 0.326 e. The average Bonchev–Trinajstić information content (AvgIpc) is 3.10. The molecule has 1 aromatic heterocycles. The second kappa shape index (κ2) is 9.85.